The van der Waals surface area contributed by atoms with Gasteiger partial charge in [-0.1, -0.05) is 24.3 Å². The minimum Gasteiger partial charge on any atom is -0.480 e. The number of carboxylic acid groups (broad SMARTS) is 1. The topological polar surface area (TPSA) is 101 Å². The summed E-state index contributed by atoms with van der Waals surface area (Å²) >= 11 is 1.47. The molecule has 27 heavy (non-hydrogen) atoms. The van der Waals surface area contributed by atoms with Crippen molar-refractivity contribution in [1.29, 1.82) is 0 Å². The number of benzene rings is 2. The number of hydrogen-bond acceptors (Lipinski definition) is 5. The molecule has 0 aromatic heterocycles. The molecule has 6 nitrogen and oxygen atoms in total. The van der Waals surface area contributed by atoms with Crippen LogP contribution in [0, 0.1) is 0 Å². The maximum Gasteiger partial charge on any atom is 0.323 e. The van der Waals surface area contributed by atoms with Crippen molar-refractivity contribution < 1.29 is 18.3 Å². The van der Waals surface area contributed by atoms with E-state index in [1.165, 1.54) is 23.9 Å². The summed E-state index contributed by atoms with van der Waals surface area (Å²) in [6.07, 6.45) is 0. The summed E-state index contributed by atoms with van der Waals surface area (Å²) in [7, 11) is -3.92. The molecule has 0 radical (unpaired) electrons. The second-order valence-electron chi connectivity index (χ2n) is 6.96. The molecule has 0 aliphatic carbocycles. The quantitative estimate of drug-likeness (QED) is 0.757. The lowest BCUT2D eigenvalue weighted by Crippen LogP contribution is -2.58. The Bertz CT molecular complexity index is 956. The van der Waals surface area contributed by atoms with Crippen molar-refractivity contribution in [3.63, 3.8) is 0 Å². The number of rotatable bonds is 4. The molecule has 0 amide bonds. The van der Waals surface area contributed by atoms with E-state index in [0.717, 1.165) is 15.4 Å². The lowest BCUT2D eigenvalue weighted by Gasteiger charge is -2.42. The second-order valence-corrected chi connectivity index (χ2v) is 10.6. The summed E-state index contributed by atoms with van der Waals surface area (Å²) in [6.45, 7) is 3.70. The van der Waals surface area contributed by atoms with Gasteiger partial charge in [0.1, 0.15) is 6.04 Å². The minimum absolute atomic E-state index is 0.0871. The van der Waals surface area contributed by atoms with Gasteiger partial charge in [0, 0.05) is 22.7 Å². The number of nitrogens with zero attached hydrogens (tertiary/aromatic N) is 1. The van der Waals surface area contributed by atoms with Gasteiger partial charge < -0.3 is 10.8 Å². The summed E-state index contributed by atoms with van der Waals surface area (Å²) in [4.78, 5) is 11.9. The number of carbonyl (C=O) groups is 1. The maximum absolute atomic E-state index is 13.1. The summed E-state index contributed by atoms with van der Waals surface area (Å²) in [5, 5.41) is 9.64. The number of nitrogen functional groups attached to an aromatic ring is 1. The standard InChI is InChI=1S/C19H22N2O4S2/c1-19(2)17(18(22)23)21(10-11-26-19)27(24,25)16-8-6-13(7-9-16)14-4-3-5-15(20)12-14/h3-9,12,17H,10-11,20H2,1-2H3,(H,22,23)/t17-/m0/s1. The molecule has 0 unspecified atom stereocenters. The molecule has 1 aliphatic heterocycles. The zero-order valence-corrected chi connectivity index (χ0v) is 16.8. The molecule has 1 heterocycles. The van der Waals surface area contributed by atoms with E-state index in [9.17, 15) is 18.3 Å². The van der Waals surface area contributed by atoms with E-state index in [1.807, 2.05) is 18.2 Å². The fourth-order valence-corrected chi connectivity index (χ4v) is 6.40. The fraction of sp³-hybridized carbons (Fsp3) is 0.316. The molecular formula is C19H22N2O4S2. The van der Waals surface area contributed by atoms with Gasteiger partial charge in [0.2, 0.25) is 10.0 Å². The van der Waals surface area contributed by atoms with Crippen LogP contribution in [0.4, 0.5) is 5.69 Å². The zero-order chi connectivity index (χ0) is 19.8. The second kappa shape index (κ2) is 7.18. The third kappa shape index (κ3) is 3.83. The molecule has 1 aliphatic rings. The fourth-order valence-electron chi connectivity index (χ4n) is 3.31. The molecule has 0 spiro atoms. The predicted molar refractivity (Wildman–Crippen MR) is 108 cm³/mol. The van der Waals surface area contributed by atoms with Crippen LogP contribution in [0.3, 0.4) is 0 Å². The number of hydrogen-bond donors (Lipinski definition) is 2. The number of thioether (sulfide) groups is 1. The van der Waals surface area contributed by atoms with E-state index in [1.54, 1.807) is 32.0 Å². The minimum atomic E-state index is -3.92. The van der Waals surface area contributed by atoms with Crippen molar-refractivity contribution in [3.8, 4) is 11.1 Å². The molecule has 8 heteroatoms. The van der Waals surface area contributed by atoms with Crippen LogP contribution in [-0.2, 0) is 14.8 Å². The van der Waals surface area contributed by atoms with Gasteiger partial charge in [0.25, 0.3) is 0 Å². The molecule has 1 atom stereocenters. The number of anilines is 1. The van der Waals surface area contributed by atoms with E-state index >= 15 is 0 Å². The van der Waals surface area contributed by atoms with Crippen LogP contribution in [0.25, 0.3) is 11.1 Å². The average molecular weight is 407 g/mol. The molecular weight excluding hydrogens is 384 g/mol. The number of nitrogens with two attached hydrogens (primary N) is 1. The highest BCUT2D eigenvalue weighted by Gasteiger charge is 2.48. The summed E-state index contributed by atoms with van der Waals surface area (Å²) in [5.74, 6) is -0.579. The molecule has 2 aromatic carbocycles. The van der Waals surface area contributed by atoms with Crippen LogP contribution in [-0.4, -0.2) is 46.9 Å². The van der Waals surface area contributed by atoms with Gasteiger partial charge in [-0.3, -0.25) is 4.79 Å². The van der Waals surface area contributed by atoms with E-state index in [4.69, 9.17) is 5.73 Å². The Morgan fingerprint density at radius 1 is 1.19 bits per heavy atom. The van der Waals surface area contributed by atoms with Crippen molar-refractivity contribution in [2.75, 3.05) is 18.0 Å². The van der Waals surface area contributed by atoms with Gasteiger partial charge >= 0.3 is 5.97 Å². The van der Waals surface area contributed by atoms with Crippen molar-refractivity contribution in [2.45, 2.75) is 29.5 Å². The van der Waals surface area contributed by atoms with Crippen molar-refractivity contribution in [2.24, 2.45) is 0 Å². The Morgan fingerprint density at radius 3 is 2.44 bits per heavy atom. The van der Waals surface area contributed by atoms with Crippen LogP contribution >= 0.6 is 11.8 Å². The first-order valence-corrected chi connectivity index (χ1v) is 10.9. The predicted octanol–water partition coefficient (Wildman–Crippen LogP) is 2.91. The molecule has 1 saturated heterocycles. The largest absolute Gasteiger partial charge is 0.480 e. The Labute approximate surface area is 163 Å². The van der Waals surface area contributed by atoms with Crippen molar-refractivity contribution in [1.82, 2.24) is 4.31 Å². The van der Waals surface area contributed by atoms with Crippen LogP contribution in [0.2, 0.25) is 0 Å². The van der Waals surface area contributed by atoms with Gasteiger partial charge in [-0.25, -0.2) is 8.42 Å². The third-order valence-corrected chi connectivity index (χ3v) is 7.88. The van der Waals surface area contributed by atoms with Crippen LogP contribution in [0.1, 0.15) is 13.8 Å². The van der Waals surface area contributed by atoms with Gasteiger partial charge in [-0.2, -0.15) is 16.1 Å². The SMILES string of the molecule is CC1(C)SCCN(S(=O)(=O)c2ccc(-c3cccc(N)c3)cc2)[C@H]1C(=O)O. The van der Waals surface area contributed by atoms with Crippen LogP contribution in [0.15, 0.2) is 53.4 Å². The van der Waals surface area contributed by atoms with Crippen LogP contribution < -0.4 is 5.73 Å². The smallest absolute Gasteiger partial charge is 0.323 e. The van der Waals surface area contributed by atoms with E-state index in [0.29, 0.717) is 11.4 Å². The molecule has 0 saturated carbocycles. The van der Waals surface area contributed by atoms with Gasteiger partial charge in [0.05, 0.1) is 4.90 Å². The summed E-state index contributed by atoms with van der Waals surface area (Å²) in [5.41, 5.74) is 8.15. The maximum atomic E-state index is 13.1. The molecule has 3 rings (SSSR count). The van der Waals surface area contributed by atoms with Crippen molar-refractivity contribution >= 4 is 33.4 Å². The molecule has 1 fully saturated rings. The molecule has 3 N–H and O–H groups in total. The van der Waals surface area contributed by atoms with Crippen LogP contribution in [0.5, 0.6) is 0 Å². The summed E-state index contributed by atoms with van der Waals surface area (Å²) < 4.78 is 26.7. The number of carboxylic acids is 1. The zero-order valence-electron chi connectivity index (χ0n) is 15.1. The Kier molecular flexibility index (Phi) is 5.24. The normalized spacial score (nSPS) is 20.3. The Hall–Kier alpha value is -2.03. The number of sulfonamides is 1. The number of aliphatic carboxylic acids is 1. The van der Waals surface area contributed by atoms with Gasteiger partial charge in [-0.15, -0.1) is 0 Å². The highest BCUT2D eigenvalue weighted by Crippen LogP contribution is 2.38. The van der Waals surface area contributed by atoms with E-state index in [2.05, 4.69) is 0 Å². The third-order valence-electron chi connectivity index (χ3n) is 4.65. The van der Waals surface area contributed by atoms with Gasteiger partial charge in [0.15, 0.2) is 0 Å². The molecule has 2 aromatic rings. The lowest BCUT2D eigenvalue weighted by atomic mass is 10.0. The first kappa shape index (κ1) is 19.7. The first-order chi connectivity index (χ1) is 12.6. The van der Waals surface area contributed by atoms with Gasteiger partial charge in [-0.05, 0) is 49.2 Å². The van der Waals surface area contributed by atoms with E-state index in [-0.39, 0.29) is 11.4 Å². The molecule has 0 bridgehead atoms. The monoisotopic (exact) mass is 406 g/mol. The van der Waals surface area contributed by atoms with Crippen molar-refractivity contribution in [3.05, 3.63) is 48.5 Å². The highest BCUT2D eigenvalue weighted by atomic mass is 32.2. The average Bonchev–Trinajstić information content (AvgIpc) is 2.60. The highest BCUT2D eigenvalue weighted by molar-refractivity contribution is 8.00. The Morgan fingerprint density at radius 2 is 1.85 bits per heavy atom. The Balaban J connectivity index is 1.96. The van der Waals surface area contributed by atoms with E-state index < -0.39 is 26.8 Å². The summed E-state index contributed by atoms with van der Waals surface area (Å²) in [6, 6.07) is 12.7. The molecule has 144 valence electrons. The lowest BCUT2D eigenvalue weighted by molar-refractivity contribution is -0.142. The first-order valence-electron chi connectivity index (χ1n) is 8.47.